The molecule has 0 aromatic carbocycles. The van der Waals surface area contributed by atoms with Gasteiger partial charge in [-0.05, 0) is 67.8 Å². The first-order chi connectivity index (χ1) is 6.52. The molecule has 0 aliphatic heterocycles. The Labute approximate surface area is 121 Å². The minimum atomic E-state index is -0.996. The standard InChI is InChI=1S/C6H6I3N3O2/c7-3-4(8)12(5(9)11-3)2-1-10-6(13)14/h10H,1-2H2,(H,13,14). The number of nitrogens with zero attached hydrogens (tertiary/aromatic N) is 2. The van der Waals surface area contributed by atoms with E-state index in [9.17, 15) is 4.79 Å². The second-order valence-corrected chi connectivity index (χ2v) is 5.35. The van der Waals surface area contributed by atoms with Crippen molar-refractivity contribution in [2.75, 3.05) is 6.54 Å². The summed E-state index contributed by atoms with van der Waals surface area (Å²) in [6.45, 7) is 1.01. The van der Waals surface area contributed by atoms with E-state index in [1.54, 1.807) is 0 Å². The molecule has 78 valence electrons. The number of hydrogen-bond acceptors (Lipinski definition) is 2. The smallest absolute Gasteiger partial charge is 0.404 e. The molecule has 0 aliphatic carbocycles. The van der Waals surface area contributed by atoms with Crippen LogP contribution in [0.1, 0.15) is 0 Å². The normalized spacial score (nSPS) is 10.2. The molecule has 0 spiro atoms. The molecule has 0 aliphatic rings. The van der Waals surface area contributed by atoms with Crippen LogP contribution >= 0.6 is 67.8 Å². The third-order valence-electron chi connectivity index (χ3n) is 1.43. The molecule has 0 atom stereocenters. The van der Waals surface area contributed by atoms with E-state index in [2.05, 4.69) is 78.1 Å². The van der Waals surface area contributed by atoms with Crippen LogP contribution < -0.4 is 5.32 Å². The quantitative estimate of drug-likeness (QED) is 0.585. The Morgan fingerprint density at radius 2 is 2.14 bits per heavy atom. The van der Waals surface area contributed by atoms with Gasteiger partial charge in [-0.25, -0.2) is 9.78 Å². The summed E-state index contributed by atoms with van der Waals surface area (Å²) in [7, 11) is 0. The van der Waals surface area contributed by atoms with Gasteiger partial charge in [0.15, 0.2) is 3.83 Å². The molecule has 1 heterocycles. The van der Waals surface area contributed by atoms with Crippen molar-refractivity contribution in [3.63, 3.8) is 0 Å². The molecular weight excluding hydrogens is 527 g/mol. The van der Waals surface area contributed by atoms with E-state index in [0.29, 0.717) is 13.1 Å². The van der Waals surface area contributed by atoms with Gasteiger partial charge in [0, 0.05) is 13.1 Å². The molecule has 0 saturated carbocycles. The predicted octanol–water partition coefficient (Wildman–Crippen LogP) is 1.96. The van der Waals surface area contributed by atoms with Crippen LogP contribution in [0.5, 0.6) is 0 Å². The maximum absolute atomic E-state index is 10.2. The van der Waals surface area contributed by atoms with E-state index in [-0.39, 0.29) is 0 Å². The molecule has 0 saturated heterocycles. The van der Waals surface area contributed by atoms with Gasteiger partial charge in [-0.1, -0.05) is 0 Å². The summed E-state index contributed by atoms with van der Waals surface area (Å²) >= 11 is 6.48. The van der Waals surface area contributed by atoms with Gasteiger partial charge in [0.1, 0.15) is 7.40 Å². The Hall–Kier alpha value is 0.670. The number of nitrogens with one attached hydrogen (secondary N) is 1. The van der Waals surface area contributed by atoms with Crippen molar-refractivity contribution in [3.8, 4) is 0 Å². The minimum absolute atomic E-state index is 0.397. The lowest BCUT2D eigenvalue weighted by Gasteiger charge is -2.05. The summed E-state index contributed by atoms with van der Waals surface area (Å²) in [5.41, 5.74) is 0. The van der Waals surface area contributed by atoms with Gasteiger partial charge in [0.05, 0.1) is 0 Å². The highest BCUT2D eigenvalue weighted by atomic mass is 127. The molecule has 5 nitrogen and oxygen atoms in total. The maximum Gasteiger partial charge on any atom is 0.404 e. The lowest BCUT2D eigenvalue weighted by atomic mass is 10.6. The summed E-state index contributed by atoms with van der Waals surface area (Å²) in [6.07, 6.45) is -0.996. The zero-order valence-electron chi connectivity index (χ0n) is 6.80. The average molecular weight is 533 g/mol. The largest absolute Gasteiger partial charge is 0.465 e. The number of hydrogen-bond donors (Lipinski definition) is 2. The molecule has 0 fully saturated rings. The van der Waals surface area contributed by atoms with E-state index in [0.717, 1.165) is 11.2 Å². The Kier molecular flexibility index (Phi) is 5.16. The molecule has 0 bridgehead atoms. The Morgan fingerprint density at radius 3 is 2.57 bits per heavy atom. The van der Waals surface area contributed by atoms with E-state index in [4.69, 9.17) is 5.11 Å². The highest BCUT2D eigenvalue weighted by Gasteiger charge is 2.10. The first-order valence-corrected chi connectivity index (χ1v) is 6.80. The third-order valence-corrected chi connectivity index (χ3v) is 5.13. The van der Waals surface area contributed by atoms with Crippen molar-refractivity contribution < 1.29 is 9.90 Å². The van der Waals surface area contributed by atoms with Gasteiger partial charge in [0.25, 0.3) is 0 Å². The highest BCUT2D eigenvalue weighted by molar-refractivity contribution is 14.1. The van der Waals surface area contributed by atoms with E-state index < -0.39 is 6.09 Å². The van der Waals surface area contributed by atoms with Crippen LogP contribution in [0.3, 0.4) is 0 Å². The Balaban J connectivity index is 2.62. The first kappa shape index (κ1) is 12.7. The van der Waals surface area contributed by atoms with Crippen LogP contribution in [0.4, 0.5) is 4.79 Å². The molecule has 14 heavy (non-hydrogen) atoms. The Bertz CT molecular complexity index is 352. The van der Waals surface area contributed by atoms with Crippen molar-refractivity contribution in [2.45, 2.75) is 6.54 Å². The fourth-order valence-electron chi connectivity index (χ4n) is 0.845. The first-order valence-electron chi connectivity index (χ1n) is 3.56. The van der Waals surface area contributed by atoms with Crippen LogP contribution in [0.2, 0.25) is 0 Å². The fraction of sp³-hybridized carbons (Fsp3) is 0.333. The van der Waals surface area contributed by atoms with Gasteiger partial charge in [-0.2, -0.15) is 0 Å². The Morgan fingerprint density at radius 1 is 1.50 bits per heavy atom. The van der Waals surface area contributed by atoms with Crippen molar-refractivity contribution in [2.24, 2.45) is 0 Å². The van der Waals surface area contributed by atoms with Gasteiger partial charge in [-0.15, -0.1) is 0 Å². The molecular formula is C6H6I3N3O2. The van der Waals surface area contributed by atoms with Gasteiger partial charge >= 0.3 is 6.09 Å². The topological polar surface area (TPSA) is 67.2 Å². The number of rotatable bonds is 3. The number of amides is 1. The summed E-state index contributed by atoms with van der Waals surface area (Å²) in [5.74, 6) is 0. The van der Waals surface area contributed by atoms with Crippen molar-refractivity contribution >= 4 is 73.9 Å². The van der Waals surface area contributed by atoms with E-state index in [1.807, 2.05) is 4.57 Å². The van der Waals surface area contributed by atoms with Crippen LogP contribution in [0.25, 0.3) is 0 Å². The SMILES string of the molecule is O=C(O)NCCn1c(I)nc(I)c1I. The zero-order chi connectivity index (χ0) is 10.7. The van der Waals surface area contributed by atoms with Crippen molar-refractivity contribution in [1.29, 1.82) is 0 Å². The number of carboxylic acid groups (broad SMARTS) is 1. The molecule has 1 rings (SSSR count). The number of aromatic nitrogens is 2. The van der Waals surface area contributed by atoms with E-state index >= 15 is 0 Å². The van der Waals surface area contributed by atoms with Gasteiger partial charge in [-0.3, -0.25) is 0 Å². The molecule has 1 aromatic rings. The van der Waals surface area contributed by atoms with Gasteiger partial charge in [0.2, 0.25) is 0 Å². The average Bonchev–Trinajstić information content (AvgIpc) is 2.31. The number of carbonyl (C=O) groups is 1. The van der Waals surface area contributed by atoms with Crippen LogP contribution in [0.15, 0.2) is 0 Å². The number of imidazole rings is 1. The van der Waals surface area contributed by atoms with Crippen LogP contribution in [0, 0.1) is 11.2 Å². The molecule has 1 amide bonds. The summed E-state index contributed by atoms with van der Waals surface area (Å²) in [6, 6.07) is 0. The highest BCUT2D eigenvalue weighted by Crippen LogP contribution is 2.17. The molecule has 0 radical (unpaired) electrons. The second kappa shape index (κ2) is 5.67. The van der Waals surface area contributed by atoms with Gasteiger partial charge < -0.3 is 15.0 Å². The van der Waals surface area contributed by atoms with Crippen molar-refractivity contribution in [3.05, 3.63) is 11.2 Å². The molecule has 1 aromatic heterocycles. The lowest BCUT2D eigenvalue weighted by Crippen LogP contribution is -2.25. The molecule has 0 unspecified atom stereocenters. The fourth-order valence-corrected chi connectivity index (χ4v) is 3.60. The molecule has 8 heteroatoms. The molecule has 2 N–H and O–H groups in total. The zero-order valence-corrected chi connectivity index (χ0v) is 13.3. The van der Waals surface area contributed by atoms with Crippen LogP contribution in [-0.2, 0) is 6.54 Å². The summed E-state index contributed by atoms with van der Waals surface area (Å²) < 4.78 is 4.84. The summed E-state index contributed by atoms with van der Waals surface area (Å²) in [4.78, 5) is 14.5. The number of halogens is 3. The van der Waals surface area contributed by atoms with Crippen molar-refractivity contribution in [1.82, 2.24) is 14.9 Å². The monoisotopic (exact) mass is 533 g/mol. The second-order valence-electron chi connectivity index (χ2n) is 2.35. The van der Waals surface area contributed by atoms with E-state index in [1.165, 1.54) is 0 Å². The van der Waals surface area contributed by atoms with Crippen LogP contribution in [-0.4, -0.2) is 27.3 Å². The maximum atomic E-state index is 10.2. The third kappa shape index (κ3) is 3.36. The lowest BCUT2D eigenvalue weighted by molar-refractivity contribution is 0.194. The minimum Gasteiger partial charge on any atom is -0.465 e. The predicted molar refractivity (Wildman–Crippen MR) is 76.4 cm³/mol. The summed E-state index contributed by atoms with van der Waals surface area (Å²) in [5, 5.41) is 10.7.